The molecular formula is C10H20OS. The van der Waals surface area contributed by atoms with Gasteiger partial charge in [-0.15, -0.1) is 0 Å². The molecule has 1 nitrogen and oxygen atoms in total. The first-order valence-corrected chi connectivity index (χ1v) is 5.84. The molecule has 0 heterocycles. The first-order chi connectivity index (χ1) is 5.70. The van der Waals surface area contributed by atoms with Crippen molar-refractivity contribution in [2.75, 3.05) is 5.75 Å². The lowest BCUT2D eigenvalue weighted by Crippen LogP contribution is -2.02. The Hall–Kier alpha value is 0.0200. The average molecular weight is 188 g/mol. The molecule has 0 aromatic heterocycles. The number of thioether (sulfide) groups is 1. The molecule has 0 rings (SSSR count). The van der Waals surface area contributed by atoms with Gasteiger partial charge in [0.2, 0.25) is 0 Å². The summed E-state index contributed by atoms with van der Waals surface area (Å²) >= 11 is 1.45. The predicted molar refractivity (Wildman–Crippen MR) is 56.4 cm³/mol. The highest BCUT2D eigenvalue weighted by molar-refractivity contribution is 8.13. The highest BCUT2D eigenvalue weighted by atomic mass is 32.2. The minimum atomic E-state index is 0.362. The molecule has 0 bridgehead atoms. The summed E-state index contributed by atoms with van der Waals surface area (Å²) in [4.78, 5) is 11.2. The van der Waals surface area contributed by atoms with Gasteiger partial charge in [0.15, 0.2) is 5.12 Å². The molecule has 72 valence electrons. The van der Waals surface area contributed by atoms with E-state index in [9.17, 15) is 4.79 Å². The topological polar surface area (TPSA) is 17.1 Å². The van der Waals surface area contributed by atoms with Crippen LogP contribution in [0.1, 0.15) is 46.5 Å². The fourth-order valence-corrected chi connectivity index (χ4v) is 1.88. The molecule has 2 heteroatoms. The first-order valence-electron chi connectivity index (χ1n) is 4.86. The first kappa shape index (κ1) is 12.0. The van der Waals surface area contributed by atoms with E-state index in [0.717, 1.165) is 12.2 Å². The second kappa shape index (κ2) is 7.66. The van der Waals surface area contributed by atoms with Gasteiger partial charge in [0, 0.05) is 6.42 Å². The van der Waals surface area contributed by atoms with Crippen LogP contribution >= 0.6 is 11.8 Å². The SMILES string of the molecule is CCCC[C@H](C)CC(=O)SCC. The lowest BCUT2D eigenvalue weighted by atomic mass is 10.0. The molecule has 1 atom stereocenters. The Balaban J connectivity index is 3.40. The van der Waals surface area contributed by atoms with Crippen LogP contribution in [0.5, 0.6) is 0 Å². The quantitative estimate of drug-likeness (QED) is 0.635. The predicted octanol–water partition coefficient (Wildman–Crippen LogP) is 3.48. The summed E-state index contributed by atoms with van der Waals surface area (Å²) in [5.41, 5.74) is 0. The van der Waals surface area contributed by atoms with Gasteiger partial charge in [-0.1, -0.05) is 51.8 Å². The minimum Gasteiger partial charge on any atom is -0.287 e. The van der Waals surface area contributed by atoms with E-state index < -0.39 is 0 Å². The van der Waals surface area contributed by atoms with Crippen molar-refractivity contribution in [3.8, 4) is 0 Å². The van der Waals surface area contributed by atoms with E-state index in [0.29, 0.717) is 11.0 Å². The van der Waals surface area contributed by atoms with Crippen LogP contribution in [0, 0.1) is 5.92 Å². The summed E-state index contributed by atoms with van der Waals surface area (Å²) in [6.45, 7) is 6.39. The van der Waals surface area contributed by atoms with Gasteiger partial charge in [-0.3, -0.25) is 4.79 Å². The summed E-state index contributed by atoms with van der Waals surface area (Å²) in [5, 5.41) is 0.362. The van der Waals surface area contributed by atoms with E-state index in [1.54, 1.807) is 0 Å². The van der Waals surface area contributed by atoms with Crippen molar-refractivity contribution in [1.29, 1.82) is 0 Å². The standard InChI is InChI=1S/C10H20OS/c1-4-6-7-9(3)8-10(11)12-5-2/h9H,4-8H2,1-3H3/t9-/m0/s1. The molecule has 0 fully saturated rings. The second-order valence-electron chi connectivity index (χ2n) is 3.26. The number of hydrogen-bond acceptors (Lipinski definition) is 2. The van der Waals surface area contributed by atoms with Crippen molar-refractivity contribution >= 4 is 16.9 Å². The van der Waals surface area contributed by atoms with E-state index in [2.05, 4.69) is 13.8 Å². The molecule has 0 aromatic carbocycles. The summed E-state index contributed by atoms with van der Waals surface area (Å²) < 4.78 is 0. The van der Waals surface area contributed by atoms with E-state index in [1.807, 2.05) is 6.92 Å². The van der Waals surface area contributed by atoms with E-state index >= 15 is 0 Å². The van der Waals surface area contributed by atoms with E-state index in [1.165, 1.54) is 31.0 Å². The maximum absolute atomic E-state index is 11.2. The maximum Gasteiger partial charge on any atom is 0.189 e. The molecule has 0 aliphatic rings. The van der Waals surface area contributed by atoms with Crippen molar-refractivity contribution in [2.24, 2.45) is 5.92 Å². The molecule has 0 N–H and O–H groups in total. The average Bonchev–Trinajstić information content (AvgIpc) is 2.01. The van der Waals surface area contributed by atoms with E-state index in [4.69, 9.17) is 0 Å². The summed E-state index contributed by atoms with van der Waals surface area (Å²) in [7, 11) is 0. The van der Waals surface area contributed by atoms with Crippen molar-refractivity contribution in [1.82, 2.24) is 0 Å². The van der Waals surface area contributed by atoms with Crippen LogP contribution in [0.15, 0.2) is 0 Å². The third-order valence-electron chi connectivity index (χ3n) is 1.87. The van der Waals surface area contributed by atoms with Gasteiger partial charge in [0.1, 0.15) is 0 Å². The molecule has 0 unspecified atom stereocenters. The van der Waals surface area contributed by atoms with Crippen molar-refractivity contribution in [3.05, 3.63) is 0 Å². The maximum atomic E-state index is 11.2. The Morgan fingerprint density at radius 1 is 1.42 bits per heavy atom. The summed E-state index contributed by atoms with van der Waals surface area (Å²) in [5.74, 6) is 1.50. The van der Waals surface area contributed by atoms with Crippen LogP contribution in [0.4, 0.5) is 0 Å². The van der Waals surface area contributed by atoms with Crippen molar-refractivity contribution in [2.45, 2.75) is 46.5 Å². The van der Waals surface area contributed by atoms with Gasteiger partial charge < -0.3 is 0 Å². The Morgan fingerprint density at radius 3 is 2.58 bits per heavy atom. The van der Waals surface area contributed by atoms with Gasteiger partial charge >= 0.3 is 0 Å². The smallest absolute Gasteiger partial charge is 0.189 e. The number of carbonyl (C=O) groups is 1. The lowest BCUT2D eigenvalue weighted by molar-refractivity contribution is -0.111. The molecular weight excluding hydrogens is 168 g/mol. The number of rotatable bonds is 6. The van der Waals surface area contributed by atoms with Crippen LogP contribution in [-0.4, -0.2) is 10.9 Å². The van der Waals surface area contributed by atoms with E-state index in [-0.39, 0.29) is 0 Å². The highest BCUT2D eigenvalue weighted by Gasteiger charge is 2.07. The van der Waals surface area contributed by atoms with Gasteiger partial charge in [0.05, 0.1) is 0 Å². The molecule has 0 saturated carbocycles. The van der Waals surface area contributed by atoms with Crippen LogP contribution in [-0.2, 0) is 4.79 Å². The molecule has 0 saturated heterocycles. The van der Waals surface area contributed by atoms with Gasteiger partial charge in [0.25, 0.3) is 0 Å². The molecule has 0 radical (unpaired) electrons. The van der Waals surface area contributed by atoms with Gasteiger partial charge in [-0.2, -0.15) is 0 Å². The summed E-state index contributed by atoms with van der Waals surface area (Å²) in [6, 6.07) is 0. The van der Waals surface area contributed by atoms with Crippen molar-refractivity contribution < 1.29 is 4.79 Å². The minimum absolute atomic E-state index is 0.362. The largest absolute Gasteiger partial charge is 0.287 e. The third kappa shape index (κ3) is 6.71. The zero-order valence-electron chi connectivity index (χ0n) is 8.43. The third-order valence-corrected chi connectivity index (χ3v) is 2.65. The normalized spacial score (nSPS) is 12.9. The zero-order chi connectivity index (χ0) is 9.40. The molecule has 0 aliphatic carbocycles. The Bertz CT molecular complexity index is 123. The highest BCUT2D eigenvalue weighted by Crippen LogP contribution is 2.16. The molecule has 0 aliphatic heterocycles. The fourth-order valence-electron chi connectivity index (χ4n) is 1.16. The number of unbranched alkanes of at least 4 members (excludes halogenated alkanes) is 1. The molecule has 0 amide bonds. The Kier molecular flexibility index (Phi) is 7.67. The van der Waals surface area contributed by atoms with Crippen LogP contribution in [0.3, 0.4) is 0 Å². The van der Waals surface area contributed by atoms with Crippen molar-refractivity contribution in [3.63, 3.8) is 0 Å². The monoisotopic (exact) mass is 188 g/mol. The molecule has 0 aromatic rings. The number of carbonyl (C=O) groups excluding carboxylic acids is 1. The van der Waals surface area contributed by atoms with Crippen LogP contribution < -0.4 is 0 Å². The fraction of sp³-hybridized carbons (Fsp3) is 0.900. The van der Waals surface area contributed by atoms with Crippen LogP contribution in [0.25, 0.3) is 0 Å². The molecule has 0 spiro atoms. The van der Waals surface area contributed by atoms with Gasteiger partial charge in [-0.25, -0.2) is 0 Å². The Labute approximate surface area is 80.3 Å². The lowest BCUT2D eigenvalue weighted by Gasteiger charge is -2.08. The second-order valence-corrected chi connectivity index (χ2v) is 4.58. The molecule has 12 heavy (non-hydrogen) atoms. The van der Waals surface area contributed by atoms with Crippen LogP contribution in [0.2, 0.25) is 0 Å². The zero-order valence-corrected chi connectivity index (χ0v) is 9.25. The van der Waals surface area contributed by atoms with Gasteiger partial charge in [-0.05, 0) is 11.7 Å². The number of hydrogen-bond donors (Lipinski definition) is 0. The Morgan fingerprint density at radius 2 is 2.08 bits per heavy atom. The summed E-state index contributed by atoms with van der Waals surface area (Å²) in [6.07, 6.45) is 4.45.